The van der Waals surface area contributed by atoms with E-state index in [4.69, 9.17) is 4.74 Å². The first-order chi connectivity index (χ1) is 10.9. The maximum absolute atomic E-state index is 12.2. The lowest BCUT2D eigenvalue weighted by Gasteiger charge is -2.27. The average Bonchev–Trinajstić information content (AvgIpc) is 2.89. The summed E-state index contributed by atoms with van der Waals surface area (Å²) in [6, 6.07) is 5.21. The molecule has 1 amide bonds. The Morgan fingerprint density at radius 3 is 2.83 bits per heavy atom. The van der Waals surface area contributed by atoms with Crippen LogP contribution in [0.15, 0.2) is 17.5 Å². The van der Waals surface area contributed by atoms with Crippen LogP contribution in [-0.2, 0) is 4.74 Å². The van der Waals surface area contributed by atoms with Crippen LogP contribution >= 0.6 is 11.3 Å². The molecule has 1 aromatic heterocycles. The maximum Gasteiger partial charge on any atom is 0.410 e. The second-order valence-electron chi connectivity index (χ2n) is 7.24. The van der Waals surface area contributed by atoms with Crippen molar-refractivity contribution >= 4 is 17.4 Å². The topological polar surface area (TPSA) is 41.6 Å². The zero-order valence-corrected chi connectivity index (χ0v) is 15.6. The summed E-state index contributed by atoms with van der Waals surface area (Å²) in [6.07, 6.45) is 4.04. The Hall–Kier alpha value is -1.07. The molecule has 0 radical (unpaired) electrons. The SMILES string of the molecule is CCC(NC1CCCN(C(=O)OC(C)(C)C)CC1)c1cccs1. The second kappa shape index (κ2) is 8.15. The van der Waals surface area contributed by atoms with Crippen molar-refractivity contribution in [2.24, 2.45) is 0 Å². The van der Waals surface area contributed by atoms with Crippen LogP contribution in [0.2, 0.25) is 0 Å². The number of nitrogens with one attached hydrogen (secondary N) is 1. The minimum Gasteiger partial charge on any atom is -0.444 e. The van der Waals surface area contributed by atoms with Gasteiger partial charge in [-0.1, -0.05) is 13.0 Å². The standard InChI is InChI=1S/C18H30N2O2S/c1-5-15(16-9-7-13-23-16)19-14-8-6-11-20(12-10-14)17(21)22-18(2,3)4/h7,9,13-15,19H,5-6,8,10-12H2,1-4H3. The summed E-state index contributed by atoms with van der Waals surface area (Å²) in [5.74, 6) is 0. The van der Waals surface area contributed by atoms with E-state index in [1.54, 1.807) is 0 Å². The predicted octanol–water partition coefficient (Wildman–Crippen LogP) is 4.58. The third-order valence-electron chi connectivity index (χ3n) is 4.11. The van der Waals surface area contributed by atoms with Crippen LogP contribution < -0.4 is 5.32 Å². The van der Waals surface area contributed by atoms with Crippen LogP contribution in [0.1, 0.15) is 64.3 Å². The zero-order chi connectivity index (χ0) is 16.9. The van der Waals surface area contributed by atoms with Crippen LogP contribution in [0.3, 0.4) is 0 Å². The maximum atomic E-state index is 12.2. The lowest BCUT2D eigenvalue weighted by Crippen LogP contribution is -2.38. The highest BCUT2D eigenvalue weighted by atomic mass is 32.1. The molecule has 1 aromatic rings. The molecule has 1 aliphatic heterocycles. The molecule has 4 nitrogen and oxygen atoms in total. The van der Waals surface area contributed by atoms with E-state index in [-0.39, 0.29) is 6.09 Å². The minimum absolute atomic E-state index is 0.177. The van der Waals surface area contributed by atoms with Crippen molar-refractivity contribution in [3.63, 3.8) is 0 Å². The van der Waals surface area contributed by atoms with Gasteiger partial charge in [0, 0.05) is 30.1 Å². The van der Waals surface area contributed by atoms with E-state index in [1.807, 2.05) is 37.0 Å². The van der Waals surface area contributed by atoms with Gasteiger partial charge >= 0.3 is 6.09 Å². The fourth-order valence-corrected chi connectivity index (χ4v) is 3.82. The van der Waals surface area contributed by atoms with Gasteiger partial charge in [0.15, 0.2) is 0 Å². The number of ether oxygens (including phenoxy) is 1. The van der Waals surface area contributed by atoms with Gasteiger partial charge in [0.1, 0.15) is 5.60 Å². The third-order valence-corrected chi connectivity index (χ3v) is 5.10. The summed E-state index contributed by atoms with van der Waals surface area (Å²) < 4.78 is 5.50. The van der Waals surface area contributed by atoms with Crippen molar-refractivity contribution in [2.45, 2.75) is 71.1 Å². The van der Waals surface area contributed by atoms with E-state index in [0.717, 1.165) is 38.8 Å². The van der Waals surface area contributed by atoms with Crippen molar-refractivity contribution in [2.75, 3.05) is 13.1 Å². The Labute approximate surface area is 144 Å². The van der Waals surface area contributed by atoms with Crippen molar-refractivity contribution < 1.29 is 9.53 Å². The number of likely N-dealkylation sites (tertiary alicyclic amines) is 1. The molecule has 1 N–H and O–H groups in total. The van der Waals surface area contributed by atoms with Crippen LogP contribution in [0, 0.1) is 0 Å². The summed E-state index contributed by atoms with van der Waals surface area (Å²) in [5, 5.41) is 5.92. The first kappa shape index (κ1) is 18.3. The first-order valence-electron chi connectivity index (χ1n) is 8.66. The van der Waals surface area contributed by atoms with E-state index in [2.05, 4.69) is 29.8 Å². The van der Waals surface area contributed by atoms with Crippen molar-refractivity contribution in [1.29, 1.82) is 0 Å². The molecule has 2 atom stereocenters. The fraction of sp³-hybridized carbons (Fsp3) is 0.722. The first-order valence-corrected chi connectivity index (χ1v) is 9.54. The summed E-state index contributed by atoms with van der Waals surface area (Å²) in [7, 11) is 0. The highest BCUT2D eigenvalue weighted by molar-refractivity contribution is 7.10. The quantitative estimate of drug-likeness (QED) is 0.874. The number of carbonyl (C=O) groups is 1. The number of carbonyl (C=O) groups excluding carboxylic acids is 1. The van der Waals surface area contributed by atoms with Gasteiger partial charge in [0.2, 0.25) is 0 Å². The fourth-order valence-electron chi connectivity index (χ4n) is 2.95. The molecule has 2 unspecified atom stereocenters. The third kappa shape index (κ3) is 5.81. The predicted molar refractivity (Wildman–Crippen MR) is 95.9 cm³/mol. The number of thiophene rings is 1. The molecule has 0 aromatic carbocycles. The summed E-state index contributed by atoms with van der Waals surface area (Å²) in [5.41, 5.74) is -0.423. The molecular formula is C18H30N2O2S. The number of hydrogen-bond acceptors (Lipinski definition) is 4. The molecule has 1 aliphatic rings. The molecule has 5 heteroatoms. The molecular weight excluding hydrogens is 308 g/mol. The molecule has 1 fully saturated rings. The van der Waals surface area contributed by atoms with Gasteiger partial charge in [0.25, 0.3) is 0 Å². The van der Waals surface area contributed by atoms with E-state index < -0.39 is 5.60 Å². The minimum atomic E-state index is -0.423. The largest absolute Gasteiger partial charge is 0.444 e. The monoisotopic (exact) mass is 338 g/mol. The average molecular weight is 339 g/mol. The Morgan fingerprint density at radius 2 is 2.22 bits per heavy atom. The van der Waals surface area contributed by atoms with Crippen molar-refractivity contribution in [3.8, 4) is 0 Å². The van der Waals surface area contributed by atoms with Crippen molar-refractivity contribution in [3.05, 3.63) is 22.4 Å². The Kier molecular flexibility index (Phi) is 6.48. The van der Waals surface area contributed by atoms with Gasteiger partial charge in [-0.15, -0.1) is 11.3 Å². The normalized spacial score (nSPS) is 20.9. The van der Waals surface area contributed by atoms with Gasteiger partial charge in [-0.3, -0.25) is 0 Å². The van der Waals surface area contributed by atoms with Gasteiger partial charge in [-0.2, -0.15) is 0 Å². The Morgan fingerprint density at radius 1 is 1.43 bits per heavy atom. The van der Waals surface area contributed by atoms with E-state index in [1.165, 1.54) is 4.88 Å². The van der Waals surface area contributed by atoms with Crippen LogP contribution in [0.25, 0.3) is 0 Å². The second-order valence-corrected chi connectivity index (χ2v) is 8.22. The molecule has 0 saturated carbocycles. The number of hydrogen-bond donors (Lipinski definition) is 1. The molecule has 1 saturated heterocycles. The molecule has 23 heavy (non-hydrogen) atoms. The molecule has 2 rings (SSSR count). The zero-order valence-electron chi connectivity index (χ0n) is 14.8. The number of rotatable bonds is 4. The van der Waals surface area contributed by atoms with Crippen LogP contribution in [0.5, 0.6) is 0 Å². The highest BCUT2D eigenvalue weighted by Gasteiger charge is 2.26. The molecule has 0 spiro atoms. The van der Waals surface area contributed by atoms with Gasteiger partial charge in [0.05, 0.1) is 0 Å². The van der Waals surface area contributed by atoms with Crippen molar-refractivity contribution in [1.82, 2.24) is 10.2 Å². The molecule has 130 valence electrons. The lowest BCUT2D eigenvalue weighted by atomic mass is 10.1. The van der Waals surface area contributed by atoms with Crippen LogP contribution in [0.4, 0.5) is 4.79 Å². The highest BCUT2D eigenvalue weighted by Crippen LogP contribution is 2.24. The number of nitrogens with zero attached hydrogens (tertiary/aromatic N) is 1. The summed E-state index contributed by atoms with van der Waals surface area (Å²) in [4.78, 5) is 15.5. The lowest BCUT2D eigenvalue weighted by molar-refractivity contribution is 0.0256. The molecule has 2 heterocycles. The Bertz CT molecular complexity index is 482. The number of amides is 1. The van der Waals surface area contributed by atoms with E-state index in [9.17, 15) is 4.79 Å². The van der Waals surface area contributed by atoms with Gasteiger partial charge < -0.3 is 15.0 Å². The Balaban J connectivity index is 1.87. The van der Waals surface area contributed by atoms with Gasteiger partial charge in [-0.25, -0.2) is 4.79 Å². The van der Waals surface area contributed by atoms with E-state index >= 15 is 0 Å². The molecule has 0 aliphatic carbocycles. The van der Waals surface area contributed by atoms with Crippen LogP contribution in [-0.4, -0.2) is 35.7 Å². The molecule has 0 bridgehead atoms. The summed E-state index contributed by atoms with van der Waals surface area (Å²) in [6.45, 7) is 9.54. The van der Waals surface area contributed by atoms with E-state index in [0.29, 0.717) is 12.1 Å². The smallest absolute Gasteiger partial charge is 0.410 e. The van der Waals surface area contributed by atoms with Gasteiger partial charge in [-0.05, 0) is 57.9 Å². The summed E-state index contributed by atoms with van der Waals surface area (Å²) >= 11 is 1.81.